The molecule has 4 nitrogen and oxygen atoms in total. The lowest BCUT2D eigenvalue weighted by Gasteiger charge is -2.16. The first-order valence-electron chi connectivity index (χ1n) is 6.70. The number of aromatic amines is 1. The fourth-order valence-electron chi connectivity index (χ4n) is 2.25. The maximum atomic E-state index is 11.2. The molecule has 0 aliphatic heterocycles. The Bertz CT molecular complexity index is 607. The summed E-state index contributed by atoms with van der Waals surface area (Å²) in [5.41, 5.74) is 1.79. The molecule has 0 spiro atoms. The number of nitrogens with one attached hydrogen (secondary N) is 2. The molecule has 0 saturated heterocycles. The number of fused-ring (bicyclic) bond motifs is 1. The lowest BCUT2D eigenvalue weighted by molar-refractivity contribution is -0.140. The van der Waals surface area contributed by atoms with E-state index < -0.39 is 12.0 Å². The second-order valence-electron chi connectivity index (χ2n) is 5.36. The molecule has 20 heavy (non-hydrogen) atoms. The van der Waals surface area contributed by atoms with Crippen LogP contribution in [0.1, 0.15) is 26.0 Å². The van der Waals surface area contributed by atoms with Crippen molar-refractivity contribution in [3.8, 4) is 0 Å². The van der Waals surface area contributed by atoms with Gasteiger partial charge in [0.05, 0.1) is 5.02 Å². The van der Waals surface area contributed by atoms with Gasteiger partial charge in [-0.05, 0) is 18.4 Å². The molecule has 3 N–H and O–H groups in total. The zero-order valence-corrected chi connectivity index (χ0v) is 12.4. The summed E-state index contributed by atoms with van der Waals surface area (Å²) in [6.45, 7) is 4.43. The molecule has 0 amide bonds. The summed E-state index contributed by atoms with van der Waals surface area (Å²) in [5, 5.41) is 13.9. The molecule has 1 atom stereocenters. The topological polar surface area (TPSA) is 65.1 Å². The number of carboxylic acid groups (broad SMARTS) is 1. The number of aliphatic carboxylic acids is 1. The van der Waals surface area contributed by atoms with E-state index >= 15 is 0 Å². The van der Waals surface area contributed by atoms with Gasteiger partial charge in [0, 0.05) is 23.1 Å². The standard InChI is InChI=1S/C15H19ClN2O2/c1-9(2)7-12(15(19)20)17-8-13-14(16)10-5-3-4-6-11(10)18-13/h3-6,9,12,17-18H,7-8H2,1-2H3,(H,19,20). The van der Waals surface area contributed by atoms with Crippen LogP contribution < -0.4 is 5.32 Å². The van der Waals surface area contributed by atoms with Crippen molar-refractivity contribution in [2.45, 2.75) is 32.9 Å². The van der Waals surface area contributed by atoms with Crippen molar-refractivity contribution in [3.05, 3.63) is 35.0 Å². The molecule has 0 aliphatic rings. The number of carbonyl (C=O) groups is 1. The fourth-order valence-corrected chi connectivity index (χ4v) is 2.53. The molecule has 2 rings (SSSR count). The van der Waals surface area contributed by atoms with E-state index in [0.29, 0.717) is 23.9 Å². The van der Waals surface area contributed by atoms with Crippen molar-refractivity contribution < 1.29 is 9.90 Å². The number of carboxylic acids is 1. The third-order valence-corrected chi connectivity index (χ3v) is 3.68. The number of H-pyrrole nitrogens is 1. The molecule has 1 aromatic heterocycles. The summed E-state index contributed by atoms with van der Waals surface area (Å²) < 4.78 is 0. The highest BCUT2D eigenvalue weighted by Gasteiger charge is 2.19. The smallest absolute Gasteiger partial charge is 0.320 e. The highest BCUT2D eigenvalue weighted by Crippen LogP contribution is 2.27. The van der Waals surface area contributed by atoms with Gasteiger partial charge in [-0.15, -0.1) is 0 Å². The molecule has 1 heterocycles. The zero-order valence-electron chi connectivity index (χ0n) is 11.6. The monoisotopic (exact) mass is 294 g/mol. The van der Waals surface area contributed by atoms with Crippen molar-refractivity contribution >= 4 is 28.5 Å². The number of rotatable bonds is 6. The van der Waals surface area contributed by atoms with Crippen LogP contribution in [0.25, 0.3) is 10.9 Å². The van der Waals surface area contributed by atoms with E-state index in [2.05, 4.69) is 10.3 Å². The molecule has 1 unspecified atom stereocenters. The lowest BCUT2D eigenvalue weighted by Crippen LogP contribution is -2.37. The minimum absolute atomic E-state index is 0.321. The summed E-state index contributed by atoms with van der Waals surface area (Å²) in [6.07, 6.45) is 0.590. The zero-order chi connectivity index (χ0) is 14.7. The Morgan fingerprint density at radius 2 is 2.10 bits per heavy atom. The van der Waals surface area contributed by atoms with Gasteiger partial charge in [-0.25, -0.2) is 0 Å². The summed E-state index contributed by atoms with van der Waals surface area (Å²) in [5.74, 6) is -0.507. The second kappa shape index (κ2) is 6.29. The molecule has 0 saturated carbocycles. The normalized spacial score (nSPS) is 13.0. The first-order valence-corrected chi connectivity index (χ1v) is 7.08. The Morgan fingerprint density at radius 1 is 1.40 bits per heavy atom. The van der Waals surface area contributed by atoms with Crippen molar-refractivity contribution in [1.82, 2.24) is 10.3 Å². The Hall–Kier alpha value is -1.52. The van der Waals surface area contributed by atoms with Gasteiger partial charge < -0.3 is 10.1 Å². The number of halogens is 1. The first-order chi connectivity index (χ1) is 9.49. The molecule has 108 valence electrons. The highest BCUT2D eigenvalue weighted by atomic mass is 35.5. The van der Waals surface area contributed by atoms with E-state index in [-0.39, 0.29) is 0 Å². The van der Waals surface area contributed by atoms with E-state index in [1.165, 1.54) is 0 Å². The molecular weight excluding hydrogens is 276 g/mol. The van der Waals surface area contributed by atoms with Crippen molar-refractivity contribution in [2.24, 2.45) is 5.92 Å². The summed E-state index contributed by atoms with van der Waals surface area (Å²) in [4.78, 5) is 14.4. The van der Waals surface area contributed by atoms with Crippen LogP contribution in [0.5, 0.6) is 0 Å². The van der Waals surface area contributed by atoms with Gasteiger partial charge in [-0.1, -0.05) is 43.6 Å². The molecule has 5 heteroatoms. The average Bonchev–Trinajstić information content (AvgIpc) is 2.71. The maximum absolute atomic E-state index is 11.2. The number of para-hydroxylation sites is 1. The summed E-state index contributed by atoms with van der Waals surface area (Å²) in [7, 11) is 0. The van der Waals surface area contributed by atoms with E-state index in [9.17, 15) is 9.90 Å². The largest absolute Gasteiger partial charge is 0.480 e. The van der Waals surface area contributed by atoms with Gasteiger partial charge in [-0.2, -0.15) is 0 Å². The van der Waals surface area contributed by atoms with Gasteiger partial charge in [-0.3, -0.25) is 10.1 Å². The minimum atomic E-state index is -0.828. The van der Waals surface area contributed by atoms with Crippen molar-refractivity contribution in [3.63, 3.8) is 0 Å². The fraction of sp³-hybridized carbons (Fsp3) is 0.400. The first kappa shape index (κ1) is 14.9. The van der Waals surface area contributed by atoms with Crippen LogP contribution in [0, 0.1) is 5.92 Å². The number of hydrogen-bond acceptors (Lipinski definition) is 2. The third kappa shape index (κ3) is 3.32. The van der Waals surface area contributed by atoms with Gasteiger partial charge in [0.15, 0.2) is 0 Å². The molecule has 0 bridgehead atoms. The van der Waals surface area contributed by atoms with Crippen LogP contribution in [0.2, 0.25) is 5.02 Å². The maximum Gasteiger partial charge on any atom is 0.320 e. The van der Waals surface area contributed by atoms with Crippen molar-refractivity contribution in [2.75, 3.05) is 0 Å². The van der Waals surface area contributed by atoms with Gasteiger partial charge in [0.1, 0.15) is 6.04 Å². The third-order valence-electron chi connectivity index (χ3n) is 3.24. The van der Waals surface area contributed by atoms with Gasteiger partial charge in [0.2, 0.25) is 0 Å². The minimum Gasteiger partial charge on any atom is -0.480 e. The molecule has 1 aromatic carbocycles. The van der Waals surface area contributed by atoms with Crippen LogP contribution in [-0.2, 0) is 11.3 Å². The van der Waals surface area contributed by atoms with Gasteiger partial charge >= 0.3 is 5.97 Å². The summed E-state index contributed by atoms with van der Waals surface area (Å²) >= 11 is 6.31. The Morgan fingerprint density at radius 3 is 2.70 bits per heavy atom. The molecule has 2 aromatic rings. The quantitative estimate of drug-likeness (QED) is 0.765. The molecule has 0 aliphatic carbocycles. The van der Waals surface area contributed by atoms with E-state index in [4.69, 9.17) is 11.6 Å². The van der Waals surface area contributed by atoms with Crippen LogP contribution in [0.3, 0.4) is 0 Å². The number of hydrogen-bond donors (Lipinski definition) is 3. The molecule has 0 fully saturated rings. The molecular formula is C15H19ClN2O2. The van der Waals surface area contributed by atoms with E-state index in [0.717, 1.165) is 16.6 Å². The van der Waals surface area contributed by atoms with Crippen LogP contribution in [-0.4, -0.2) is 22.1 Å². The molecule has 0 radical (unpaired) electrons. The van der Waals surface area contributed by atoms with E-state index in [1.54, 1.807) is 0 Å². The Kier molecular flexibility index (Phi) is 4.68. The Labute approximate surface area is 123 Å². The van der Waals surface area contributed by atoms with Crippen molar-refractivity contribution in [1.29, 1.82) is 0 Å². The predicted molar refractivity (Wildman–Crippen MR) is 81.0 cm³/mol. The second-order valence-corrected chi connectivity index (χ2v) is 5.74. The van der Waals surface area contributed by atoms with Crippen LogP contribution in [0.15, 0.2) is 24.3 Å². The van der Waals surface area contributed by atoms with E-state index in [1.807, 2.05) is 38.1 Å². The van der Waals surface area contributed by atoms with Crippen LogP contribution in [0.4, 0.5) is 0 Å². The lowest BCUT2D eigenvalue weighted by atomic mass is 10.0. The number of aromatic nitrogens is 1. The highest BCUT2D eigenvalue weighted by molar-refractivity contribution is 6.36. The Balaban J connectivity index is 2.11. The van der Waals surface area contributed by atoms with Crippen LogP contribution >= 0.6 is 11.6 Å². The average molecular weight is 295 g/mol. The SMILES string of the molecule is CC(C)CC(NCc1[nH]c2ccccc2c1Cl)C(=O)O. The number of benzene rings is 1. The predicted octanol–water partition coefficient (Wildman–Crippen LogP) is 3.41. The summed E-state index contributed by atoms with van der Waals surface area (Å²) in [6, 6.07) is 7.20. The van der Waals surface area contributed by atoms with Gasteiger partial charge in [0.25, 0.3) is 0 Å².